The number of fused-ring (bicyclic) bond motifs is 1. The number of hydrogen-bond acceptors (Lipinski definition) is 4. The molecule has 0 spiro atoms. The molecule has 1 aliphatic rings. The Kier molecular flexibility index (Phi) is 5.28. The summed E-state index contributed by atoms with van der Waals surface area (Å²) in [5.74, 6) is -0.460. The average molecular weight is 394 g/mol. The fourth-order valence-corrected chi connectivity index (χ4v) is 4.03. The summed E-state index contributed by atoms with van der Waals surface area (Å²) < 4.78 is 14.2. The Hall–Kier alpha value is -2.86. The maximum Gasteiger partial charge on any atom is 0.198 e. The monoisotopic (exact) mass is 394 g/mol. The van der Waals surface area contributed by atoms with Gasteiger partial charge in [-0.25, -0.2) is 4.39 Å². The summed E-state index contributed by atoms with van der Waals surface area (Å²) in [7, 11) is 0. The van der Waals surface area contributed by atoms with Gasteiger partial charge in [-0.05, 0) is 56.7 Å². The van der Waals surface area contributed by atoms with Crippen LogP contribution in [0.4, 0.5) is 15.8 Å². The molecule has 3 aromatic rings. The van der Waals surface area contributed by atoms with Gasteiger partial charge in [0.15, 0.2) is 5.88 Å². The van der Waals surface area contributed by atoms with Crippen LogP contribution in [-0.4, -0.2) is 53.4 Å². The predicted molar refractivity (Wildman–Crippen MR) is 117 cm³/mol. The highest BCUT2D eigenvalue weighted by Crippen LogP contribution is 2.30. The van der Waals surface area contributed by atoms with Crippen LogP contribution in [0, 0.1) is 12.7 Å². The molecule has 0 amide bonds. The Labute approximate surface area is 170 Å². The Bertz CT molecular complexity index is 1050. The molecule has 1 saturated heterocycles. The molecule has 0 bridgehead atoms. The third-order valence-corrected chi connectivity index (χ3v) is 5.70. The van der Waals surface area contributed by atoms with Crippen LogP contribution in [-0.2, 0) is 0 Å². The van der Waals surface area contributed by atoms with Gasteiger partial charge in [0.2, 0.25) is 0 Å². The van der Waals surface area contributed by atoms with Crippen LogP contribution >= 0.6 is 0 Å². The van der Waals surface area contributed by atoms with Crippen molar-refractivity contribution in [3.63, 3.8) is 0 Å². The number of halogens is 1. The minimum absolute atomic E-state index is 0.0785. The van der Waals surface area contributed by atoms with Gasteiger partial charge in [-0.3, -0.25) is 9.89 Å². The quantitative estimate of drug-likeness (QED) is 0.636. The molecule has 4 rings (SSSR count). The number of rotatable bonds is 4. The van der Waals surface area contributed by atoms with E-state index in [0.717, 1.165) is 37.4 Å². The van der Waals surface area contributed by atoms with E-state index in [9.17, 15) is 9.50 Å². The highest BCUT2D eigenvalue weighted by Gasteiger charge is 2.20. The Morgan fingerprint density at radius 3 is 2.59 bits per heavy atom. The highest BCUT2D eigenvalue weighted by atomic mass is 19.1. The Morgan fingerprint density at radius 1 is 1.14 bits per heavy atom. The SMILES string of the molecule is Cc1cc(N=Cc2c(O)[nH]c3cccc(F)c23)ccc1N1CCN(C(C)C)CC1. The summed E-state index contributed by atoms with van der Waals surface area (Å²) in [4.78, 5) is 12.2. The van der Waals surface area contributed by atoms with Crippen LogP contribution in [0.5, 0.6) is 5.88 Å². The average Bonchev–Trinajstić information content (AvgIpc) is 3.03. The molecule has 1 fully saturated rings. The van der Waals surface area contributed by atoms with E-state index >= 15 is 0 Å². The highest BCUT2D eigenvalue weighted by molar-refractivity contribution is 6.02. The number of piperazine rings is 1. The van der Waals surface area contributed by atoms with Gasteiger partial charge in [0.05, 0.1) is 16.8 Å². The smallest absolute Gasteiger partial charge is 0.198 e. The van der Waals surface area contributed by atoms with Crippen LogP contribution in [0.2, 0.25) is 0 Å². The Morgan fingerprint density at radius 2 is 1.90 bits per heavy atom. The van der Waals surface area contributed by atoms with Gasteiger partial charge in [0, 0.05) is 49.5 Å². The molecule has 0 aliphatic carbocycles. The van der Waals surface area contributed by atoms with Gasteiger partial charge >= 0.3 is 0 Å². The molecule has 0 unspecified atom stereocenters. The fraction of sp³-hybridized carbons (Fsp3) is 0.348. The fourth-order valence-electron chi connectivity index (χ4n) is 4.03. The zero-order chi connectivity index (χ0) is 20.5. The number of nitrogens with one attached hydrogen (secondary N) is 1. The number of aryl methyl sites for hydroxylation is 1. The maximum atomic E-state index is 14.2. The van der Waals surface area contributed by atoms with Crippen LogP contribution in [0.15, 0.2) is 41.4 Å². The van der Waals surface area contributed by atoms with E-state index in [2.05, 4.69) is 46.6 Å². The van der Waals surface area contributed by atoms with E-state index < -0.39 is 0 Å². The number of benzene rings is 2. The second kappa shape index (κ2) is 7.87. The first-order valence-electron chi connectivity index (χ1n) is 10.1. The number of aromatic nitrogens is 1. The number of aromatic amines is 1. The van der Waals surface area contributed by atoms with Crippen molar-refractivity contribution in [1.82, 2.24) is 9.88 Å². The zero-order valence-corrected chi connectivity index (χ0v) is 17.1. The van der Waals surface area contributed by atoms with Crippen molar-refractivity contribution in [2.45, 2.75) is 26.8 Å². The first-order chi connectivity index (χ1) is 13.9. The number of anilines is 1. The number of aromatic hydroxyl groups is 1. The molecule has 1 aliphatic heterocycles. The second-order valence-corrected chi connectivity index (χ2v) is 7.90. The summed E-state index contributed by atoms with van der Waals surface area (Å²) in [6, 6.07) is 11.4. The molecule has 1 aromatic heterocycles. The van der Waals surface area contributed by atoms with Crippen molar-refractivity contribution >= 4 is 28.5 Å². The molecule has 0 saturated carbocycles. The lowest BCUT2D eigenvalue weighted by molar-refractivity contribution is 0.209. The third kappa shape index (κ3) is 3.85. The number of aliphatic imine (C=N–C) groups is 1. The van der Waals surface area contributed by atoms with E-state index in [0.29, 0.717) is 22.5 Å². The van der Waals surface area contributed by atoms with Crippen LogP contribution < -0.4 is 4.90 Å². The van der Waals surface area contributed by atoms with Gasteiger partial charge in [0.1, 0.15) is 5.82 Å². The number of H-pyrrole nitrogens is 1. The summed E-state index contributed by atoms with van der Waals surface area (Å²) in [6.45, 7) is 10.8. The Balaban J connectivity index is 1.54. The molecule has 6 heteroatoms. The lowest BCUT2D eigenvalue weighted by Crippen LogP contribution is -2.49. The summed E-state index contributed by atoms with van der Waals surface area (Å²) in [5.41, 5.74) is 4.08. The van der Waals surface area contributed by atoms with Gasteiger partial charge in [-0.1, -0.05) is 6.07 Å². The van der Waals surface area contributed by atoms with Gasteiger partial charge < -0.3 is 15.0 Å². The lowest BCUT2D eigenvalue weighted by atomic mass is 10.1. The molecular weight excluding hydrogens is 367 g/mol. The van der Waals surface area contributed by atoms with Crippen molar-refractivity contribution in [2.75, 3.05) is 31.1 Å². The molecule has 0 atom stereocenters. The molecule has 2 aromatic carbocycles. The van der Waals surface area contributed by atoms with Crippen molar-refractivity contribution in [3.8, 4) is 5.88 Å². The van der Waals surface area contributed by atoms with Gasteiger partial charge in [-0.2, -0.15) is 0 Å². The molecule has 0 radical (unpaired) electrons. The first kappa shape index (κ1) is 19.5. The summed E-state index contributed by atoms with van der Waals surface area (Å²) in [5, 5.41) is 10.5. The van der Waals surface area contributed by atoms with Crippen molar-refractivity contribution < 1.29 is 9.50 Å². The van der Waals surface area contributed by atoms with E-state index in [-0.39, 0.29) is 11.7 Å². The molecule has 29 heavy (non-hydrogen) atoms. The second-order valence-electron chi connectivity index (χ2n) is 7.90. The molecule has 2 heterocycles. The number of hydrogen-bond donors (Lipinski definition) is 2. The molecular formula is C23H27FN4O. The van der Waals surface area contributed by atoms with E-state index in [1.165, 1.54) is 18.0 Å². The van der Waals surface area contributed by atoms with Crippen molar-refractivity contribution in [3.05, 3.63) is 53.3 Å². The topological polar surface area (TPSA) is 54.9 Å². The minimum atomic E-state index is -0.382. The predicted octanol–water partition coefficient (Wildman–Crippen LogP) is 4.60. The normalized spacial score (nSPS) is 15.8. The summed E-state index contributed by atoms with van der Waals surface area (Å²) >= 11 is 0. The van der Waals surface area contributed by atoms with Crippen LogP contribution in [0.3, 0.4) is 0 Å². The maximum absolute atomic E-state index is 14.2. The zero-order valence-electron chi connectivity index (χ0n) is 17.1. The van der Waals surface area contributed by atoms with E-state index in [4.69, 9.17) is 0 Å². The van der Waals surface area contributed by atoms with Crippen molar-refractivity contribution in [2.24, 2.45) is 4.99 Å². The largest absolute Gasteiger partial charge is 0.494 e. The molecule has 5 nitrogen and oxygen atoms in total. The van der Waals surface area contributed by atoms with Gasteiger partial charge in [-0.15, -0.1) is 0 Å². The number of nitrogens with zero attached hydrogens (tertiary/aromatic N) is 3. The third-order valence-electron chi connectivity index (χ3n) is 5.70. The van der Waals surface area contributed by atoms with E-state index in [1.807, 2.05) is 12.1 Å². The van der Waals surface area contributed by atoms with Crippen molar-refractivity contribution in [1.29, 1.82) is 0 Å². The molecule has 2 N–H and O–H groups in total. The lowest BCUT2D eigenvalue weighted by Gasteiger charge is -2.38. The minimum Gasteiger partial charge on any atom is -0.494 e. The summed E-state index contributed by atoms with van der Waals surface area (Å²) in [6.07, 6.45) is 1.52. The van der Waals surface area contributed by atoms with Gasteiger partial charge in [0.25, 0.3) is 0 Å². The first-order valence-corrected chi connectivity index (χ1v) is 10.1. The van der Waals surface area contributed by atoms with Crippen LogP contribution in [0.25, 0.3) is 10.9 Å². The van der Waals surface area contributed by atoms with Crippen LogP contribution in [0.1, 0.15) is 25.0 Å². The van der Waals surface area contributed by atoms with E-state index in [1.54, 1.807) is 12.1 Å². The standard InChI is InChI=1S/C23H27FN4O/c1-15(2)27-9-11-28(12-10-27)21-8-7-17(13-16(21)3)25-14-18-22-19(24)5-4-6-20(22)26-23(18)29/h4-8,13-15,26,29H,9-12H2,1-3H3. The molecule has 152 valence electrons.